The summed E-state index contributed by atoms with van der Waals surface area (Å²) < 4.78 is 53.4. The lowest BCUT2D eigenvalue weighted by atomic mass is 9.79. The third-order valence-corrected chi connectivity index (χ3v) is 3.76. The number of aliphatic hydroxyl groups excluding tert-OH is 1. The number of hydrogen-bond acceptors (Lipinski definition) is 2. The van der Waals surface area contributed by atoms with E-state index in [9.17, 15) is 17.6 Å². The van der Waals surface area contributed by atoms with Crippen LogP contribution < -0.4 is 4.74 Å². The Morgan fingerprint density at radius 3 is 2.30 bits per heavy atom. The minimum atomic E-state index is -4.89. The van der Waals surface area contributed by atoms with Gasteiger partial charge in [0.15, 0.2) is 11.6 Å². The molecule has 1 saturated carbocycles. The molecule has 0 spiro atoms. The van der Waals surface area contributed by atoms with Crippen molar-refractivity contribution >= 4 is 0 Å². The fourth-order valence-electron chi connectivity index (χ4n) is 2.66. The van der Waals surface area contributed by atoms with Crippen LogP contribution in [0.15, 0.2) is 18.2 Å². The minimum Gasteiger partial charge on any atom is -0.403 e. The van der Waals surface area contributed by atoms with E-state index >= 15 is 0 Å². The summed E-state index contributed by atoms with van der Waals surface area (Å²) >= 11 is 0. The van der Waals surface area contributed by atoms with Gasteiger partial charge in [-0.2, -0.15) is 0 Å². The van der Waals surface area contributed by atoms with Gasteiger partial charge in [0.05, 0.1) is 0 Å². The van der Waals surface area contributed by atoms with Gasteiger partial charge < -0.3 is 9.84 Å². The summed E-state index contributed by atoms with van der Waals surface area (Å²) in [5.41, 5.74) is 0.688. The lowest BCUT2D eigenvalue weighted by molar-refractivity contribution is -0.275. The molecule has 0 radical (unpaired) electrons. The normalized spacial score (nSPS) is 23.6. The number of hydrogen-bond donors (Lipinski definition) is 1. The summed E-state index contributed by atoms with van der Waals surface area (Å²) in [6.07, 6.45) is -1.57. The van der Waals surface area contributed by atoms with Crippen molar-refractivity contribution in [3.05, 3.63) is 29.6 Å². The summed E-state index contributed by atoms with van der Waals surface area (Å²) in [4.78, 5) is 0. The maximum atomic E-state index is 13.6. The molecule has 0 heterocycles. The Morgan fingerprint density at radius 2 is 1.80 bits per heavy atom. The van der Waals surface area contributed by atoms with Gasteiger partial charge in [0.25, 0.3) is 0 Å². The van der Waals surface area contributed by atoms with E-state index in [0.29, 0.717) is 5.56 Å². The highest BCUT2D eigenvalue weighted by Crippen LogP contribution is 2.37. The molecule has 6 heteroatoms. The maximum Gasteiger partial charge on any atom is 0.573 e. The molecule has 1 aliphatic carbocycles. The smallest absolute Gasteiger partial charge is 0.403 e. The Kier molecular flexibility index (Phi) is 4.52. The molecule has 0 amide bonds. The van der Waals surface area contributed by atoms with Gasteiger partial charge in [0.1, 0.15) is 0 Å². The zero-order valence-electron chi connectivity index (χ0n) is 10.8. The Balaban J connectivity index is 2.06. The molecule has 0 atom stereocenters. The second kappa shape index (κ2) is 5.99. The summed E-state index contributed by atoms with van der Waals surface area (Å²) in [5, 5.41) is 9.05. The van der Waals surface area contributed by atoms with Crippen LogP contribution in [0.5, 0.6) is 5.75 Å². The first kappa shape index (κ1) is 15.1. The van der Waals surface area contributed by atoms with Crippen LogP contribution in [-0.4, -0.2) is 18.1 Å². The maximum absolute atomic E-state index is 13.6. The van der Waals surface area contributed by atoms with Crippen molar-refractivity contribution in [2.75, 3.05) is 6.61 Å². The Hall–Kier alpha value is -1.30. The highest BCUT2D eigenvalue weighted by Gasteiger charge is 2.32. The van der Waals surface area contributed by atoms with Gasteiger partial charge in [-0.3, -0.25) is 0 Å². The van der Waals surface area contributed by atoms with Gasteiger partial charge >= 0.3 is 6.36 Å². The van der Waals surface area contributed by atoms with E-state index in [1.54, 1.807) is 0 Å². The van der Waals surface area contributed by atoms with Crippen LogP contribution in [0.2, 0.25) is 0 Å². The fraction of sp³-hybridized carbons (Fsp3) is 0.571. The van der Waals surface area contributed by atoms with Crippen LogP contribution in [0.4, 0.5) is 17.6 Å². The van der Waals surface area contributed by atoms with Gasteiger partial charge in [-0.15, -0.1) is 13.2 Å². The van der Waals surface area contributed by atoms with Gasteiger partial charge in [-0.25, -0.2) is 4.39 Å². The predicted octanol–water partition coefficient (Wildman–Crippen LogP) is 3.99. The van der Waals surface area contributed by atoms with E-state index in [1.807, 2.05) is 0 Å². The van der Waals surface area contributed by atoms with E-state index in [0.717, 1.165) is 37.8 Å². The molecule has 112 valence electrons. The molecule has 1 aromatic carbocycles. The molecule has 0 bridgehead atoms. The average Bonchev–Trinajstić information content (AvgIpc) is 2.40. The van der Waals surface area contributed by atoms with Crippen LogP contribution in [0, 0.1) is 11.7 Å². The monoisotopic (exact) mass is 292 g/mol. The molecule has 0 aliphatic heterocycles. The van der Waals surface area contributed by atoms with Gasteiger partial charge in [0.2, 0.25) is 0 Å². The molecular weight excluding hydrogens is 276 g/mol. The molecule has 2 nitrogen and oxygen atoms in total. The van der Waals surface area contributed by atoms with Crippen LogP contribution >= 0.6 is 0 Å². The van der Waals surface area contributed by atoms with Crippen LogP contribution in [0.25, 0.3) is 0 Å². The first-order valence-electron chi connectivity index (χ1n) is 6.55. The van der Waals surface area contributed by atoms with E-state index in [2.05, 4.69) is 4.74 Å². The standard InChI is InChI=1S/C14H16F4O2/c15-12-7-11(5-6-13(12)20-14(16,17)18)10-3-1-9(8-19)2-4-10/h5-7,9-10,19H,1-4,8H2. The van der Waals surface area contributed by atoms with Crippen molar-refractivity contribution in [2.24, 2.45) is 5.92 Å². The minimum absolute atomic E-state index is 0.132. The lowest BCUT2D eigenvalue weighted by Gasteiger charge is -2.27. The first-order chi connectivity index (χ1) is 9.39. The van der Waals surface area contributed by atoms with E-state index in [-0.39, 0.29) is 18.4 Å². The topological polar surface area (TPSA) is 29.5 Å². The number of ether oxygens (including phenoxy) is 1. The quantitative estimate of drug-likeness (QED) is 0.854. The van der Waals surface area contributed by atoms with Crippen LogP contribution in [-0.2, 0) is 0 Å². The number of rotatable bonds is 3. The Labute approximate surface area is 114 Å². The average molecular weight is 292 g/mol. The number of alkyl halides is 3. The van der Waals surface area contributed by atoms with E-state index in [1.165, 1.54) is 6.07 Å². The van der Waals surface area contributed by atoms with E-state index in [4.69, 9.17) is 5.11 Å². The molecule has 20 heavy (non-hydrogen) atoms. The molecule has 0 aromatic heterocycles. The van der Waals surface area contributed by atoms with Crippen LogP contribution in [0.3, 0.4) is 0 Å². The van der Waals surface area contributed by atoms with Crippen LogP contribution in [0.1, 0.15) is 37.2 Å². The molecule has 1 aliphatic rings. The van der Waals surface area contributed by atoms with Crippen molar-refractivity contribution in [3.63, 3.8) is 0 Å². The molecule has 1 fully saturated rings. The van der Waals surface area contributed by atoms with Crippen molar-refractivity contribution in [1.29, 1.82) is 0 Å². The van der Waals surface area contributed by atoms with Crippen molar-refractivity contribution < 1.29 is 27.4 Å². The second-order valence-electron chi connectivity index (χ2n) is 5.14. The highest BCUT2D eigenvalue weighted by atomic mass is 19.4. The lowest BCUT2D eigenvalue weighted by Crippen LogP contribution is -2.18. The van der Waals surface area contributed by atoms with Gasteiger partial charge in [-0.1, -0.05) is 6.07 Å². The zero-order valence-corrected chi connectivity index (χ0v) is 10.8. The summed E-state index contributed by atoms with van der Waals surface area (Å²) in [7, 11) is 0. The summed E-state index contributed by atoms with van der Waals surface area (Å²) in [5.74, 6) is -1.38. The SMILES string of the molecule is OCC1CCC(c2ccc(OC(F)(F)F)c(F)c2)CC1. The van der Waals surface area contributed by atoms with Gasteiger partial charge in [-0.05, 0) is 55.2 Å². The molecule has 0 saturated heterocycles. The fourth-order valence-corrected chi connectivity index (χ4v) is 2.66. The molecule has 0 unspecified atom stereocenters. The second-order valence-corrected chi connectivity index (χ2v) is 5.14. The number of aliphatic hydroxyl groups is 1. The zero-order chi connectivity index (χ0) is 14.8. The molecule has 1 aromatic rings. The number of benzene rings is 1. The Bertz CT molecular complexity index is 451. The third kappa shape index (κ3) is 3.85. The number of halogens is 4. The largest absolute Gasteiger partial charge is 0.573 e. The third-order valence-electron chi connectivity index (χ3n) is 3.76. The Morgan fingerprint density at radius 1 is 1.15 bits per heavy atom. The highest BCUT2D eigenvalue weighted by molar-refractivity contribution is 5.31. The summed E-state index contributed by atoms with van der Waals surface area (Å²) in [6, 6.07) is 3.62. The van der Waals surface area contributed by atoms with Crippen molar-refractivity contribution in [1.82, 2.24) is 0 Å². The summed E-state index contributed by atoms with van der Waals surface area (Å²) in [6.45, 7) is 0.152. The van der Waals surface area contributed by atoms with Crippen molar-refractivity contribution in [2.45, 2.75) is 38.0 Å². The molecule has 1 N–H and O–H groups in total. The molecular formula is C14H16F4O2. The predicted molar refractivity (Wildman–Crippen MR) is 64.9 cm³/mol. The first-order valence-corrected chi connectivity index (χ1v) is 6.55. The van der Waals surface area contributed by atoms with E-state index < -0.39 is 17.9 Å². The van der Waals surface area contributed by atoms with Crippen molar-refractivity contribution in [3.8, 4) is 5.75 Å². The van der Waals surface area contributed by atoms with Gasteiger partial charge in [0, 0.05) is 6.61 Å². The molecule has 2 rings (SSSR count).